The Labute approximate surface area is 138 Å². The Kier molecular flexibility index (Phi) is 4.91. The third-order valence-corrected chi connectivity index (χ3v) is 2.92. The standard InChI is InChI=1S/C15H19N3O6/c1-15(2,3)24-14(21)18-10-7-23-12-9(17-11(10)19)5-8(6-16-12)13(20)22-4/h5-6,10H,7H2,1-4H3,(H,17,19)(H,18,21)/t10-/m0/s1. The first-order valence-electron chi connectivity index (χ1n) is 7.21. The number of hydrogen-bond donors (Lipinski definition) is 2. The van der Waals surface area contributed by atoms with Crippen molar-refractivity contribution in [2.75, 3.05) is 19.0 Å². The predicted octanol–water partition coefficient (Wildman–Crippen LogP) is 1.09. The van der Waals surface area contributed by atoms with Crippen LogP contribution in [0, 0.1) is 0 Å². The van der Waals surface area contributed by atoms with Crippen LogP contribution in [0.25, 0.3) is 0 Å². The zero-order valence-electron chi connectivity index (χ0n) is 13.8. The van der Waals surface area contributed by atoms with E-state index in [2.05, 4.69) is 20.4 Å². The second-order valence-corrected chi connectivity index (χ2v) is 6.07. The molecule has 0 bridgehead atoms. The average molecular weight is 337 g/mol. The molecule has 2 amide bonds. The van der Waals surface area contributed by atoms with Gasteiger partial charge in [0, 0.05) is 6.20 Å². The minimum Gasteiger partial charge on any atom is -0.473 e. The van der Waals surface area contributed by atoms with Crippen LogP contribution < -0.4 is 15.4 Å². The molecule has 0 saturated heterocycles. The van der Waals surface area contributed by atoms with Crippen LogP contribution in [0.2, 0.25) is 0 Å². The molecule has 0 spiro atoms. The topological polar surface area (TPSA) is 116 Å². The van der Waals surface area contributed by atoms with Crippen molar-refractivity contribution in [3.8, 4) is 5.88 Å². The lowest BCUT2D eigenvalue weighted by Gasteiger charge is -2.22. The molecule has 0 saturated carbocycles. The first-order valence-corrected chi connectivity index (χ1v) is 7.21. The summed E-state index contributed by atoms with van der Waals surface area (Å²) in [5.41, 5.74) is -0.304. The van der Waals surface area contributed by atoms with Crippen LogP contribution in [0.3, 0.4) is 0 Å². The number of carbonyl (C=O) groups is 3. The van der Waals surface area contributed by atoms with E-state index in [4.69, 9.17) is 9.47 Å². The lowest BCUT2D eigenvalue weighted by molar-refractivity contribution is -0.118. The van der Waals surface area contributed by atoms with Crippen molar-refractivity contribution in [1.29, 1.82) is 0 Å². The third kappa shape index (κ3) is 4.34. The zero-order chi connectivity index (χ0) is 17.9. The van der Waals surface area contributed by atoms with Gasteiger partial charge in [-0.15, -0.1) is 0 Å². The average Bonchev–Trinajstić information content (AvgIpc) is 2.63. The van der Waals surface area contributed by atoms with Gasteiger partial charge in [-0.1, -0.05) is 0 Å². The van der Waals surface area contributed by atoms with Crippen LogP contribution in [0.1, 0.15) is 31.1 Å². The van der Waals surface area contributed by atoms with E-state index < -0.39 is 29.6 Å². The molecule has 2 rings (SSSR count). The first-order chi connectivity index (χ1) is 11.2. The van der Waals surface area contributed by atoms with Crippen molar-refractivity contribution in [1.82, 2.24) is 10.3 Å². The monoisotopic (exact) mass is 337 g/mol. The third-order valence-electron chi connectivity index (χ3n) is 2.92. The number of methoxy groups -OCH3 is 1. The van der Waals surface area contributed by atoms with E-state index in [1.54, 1.807) is 20.8 Å². The molecule has 9 heteroatoms. The molecule has 9 nitrogen and oxygen atoms in total. The van der Waals surface area contributed by atoms with Gasteiger partial charge in [0.2, 0.25) is 5.88 Å². The normalized spacial score (nSPS) is 16.8. The number of fused-ring (bicyclic) bond motifs is 1. The number of nitrogens with zero attached hydrogens (tertiary/aromatic N) is 1. The number of amides is 2. The zero-order valence-corrected chi connectivity index (χ0v) is 13.8. The van der Waals surface area contributed by atoms with Gasteiger partial charge in [-0.3, -0.25) is 4.79 Å². The lowest BCUT2D eigenvalue weighted by Crippen LogP contribution is -2.48. The fourth-order valence-corrected chi connectivity index (χ4v) is 1.90. The number of anilines is 1. The Bertz CT molecular complexity index is 668. The van der Waals surface area contributed by atoms with Crippen molar-refractivity contribution in [2.45, 2.75) is 32.4 Å². The SMILES string of the molecule is COC(=O)c1cnc2c(c1)NC(=O)[C@@H](NC(=O)OC(C)(C)C)CO2. The summed E-state index contributed by atoms with van der Waals surface area (Å²) in [5, 5.41) is 4.99. The molecule has 2 N–H and O–H groups in total. The van der Waals surface area contributed by atoms with Crippen molar-refractivity contribution in [2.24, 2.45) is 0 Å². The Balaban J connectivity index is 2.11. The van der Waals surface area contributed by atoms with E-state index in [1.807, 2.05) is 0 Å². The van der Waals surface area contributed by atoms with Crippen LogP contribution in [-0.4, -0.2) is 48.3 Å². The molecule has 0 radical (unpaired) electrons. The van der Waals surface area contributed by atoms with Crippen LogP contribution in [-0.2, 0) is 14.3 Å². The summed E-state index contributed by atoms with van der Waals surface area (Å²) in [7, 11) is 1.24. The molecule has 1 aromatic rings. The van der Waals surface area contributed by atoms with Gasteiger partial charge in [-0.05, 0) is 26.8 Å². The Morgan fingerprint density at radius 1 is 1.42 bits per heavy atom. The molecular formula is C15H19N3O6. The molecule has 1 aliphatic heterocycles. The molecule has 24 heavy (non-hydrogen) atoms. The smallest absolute Gasteiger partial charge is 0.408 e. The summed E-state index contributed by atoms with van der Waals surface area (Å²) < 4.78 is 15.1. The van der Waals surface area contributed by atoms with Gasteiger partial charge in [0.15, 0.2) is 0 Å². The second kappa shape index (κ2) is 6.73. The number of nitrogens with one attached hydrogen (secondary N) is 2. The fraction of sp³-hybridized carbons (Fsp3) is 0.467. The molecule has 0 fully saturated rings. The van der Waals surface area contributed by atoms with Gasteiger partial charge in [0.25, 0.3) is 5.91 Å². The fourth-order valence-electron chi connectivity index (χ4n) is 1.90. The highest BCUT2D eigenvalue weighted by atomic mass is 16.6. The molecule has 0 unspecified atom stereocenters. The molecule has 1 atom stereocenters. The van der Waals surface area contributed by atoms with Crippen molar-refractivity contribution < 1.29 is 28.6 Å². The number of aromatic nitrogens is 1. The molecule has 1 aliphatic rings. The largest absolute Gasteiger partial charge is 0.473 e. The number of rotatable bonds is 2. The maximum Gasteiger partial charge on any atom is 0.408 e. The molecule has 0 aromatic carbocycles. The number of alkyl carbamates (subject to hydrolysis) is 1. The van der Waals surface area contributed by atoms with E-state index >= 15 is 0 Å². The maximum absolute atomic E-state index is 12.2. The van der Waals surface area contributed by atoms with Crippen LogP contribution >= 0.6 is 0 Å². The van der Waals surface area contributed by atoms with Crippen LogP contribution in [0.15, 0.2) is 12.3 Å². The summed E-state index contributed by atoms with van der Waals surface area (Å²) >= 11 is 0. The van der Waals surface area contributed by atoms with E-state index in [-0.39, 0.29) is 23.7 Å². The minimum atomic E-state index is -0.962. The Morgan fingerprint density at radius 2 is 2.12 bits per heavy atom. The van der Waals surface area contributed by atoms with Gasteiger partial charge in [0.05, 0.1) is 12.7 Å². The molecule has 0 aliphatic carbocycles. The quantitative estimate of drug-likeness (QED) is 0.776. The molecule has 1 aromatic heterocycles. The highest BCUT2D eigenvalue weighted by molar-refractivity contribution is 5.99. The van der Waals surface area contributed by atoms with E-state index in [0.29, 0.717) is 0 Å². The van der Waals surface area contributed by atoms with Gasteiger partial charge in [-0.2, -0.15) is 0 Å². The predicted molar refractivity (Wildman–Crippen MR) is 82.9 cm³/mol. The summed E-state index contributed by atoms with van der Waals surface area (Å²) in [6.07, 6.45) is 0.541. The van der Waals surface area contributed by atoms with Crippen molar-refractivity contribution in [3.63, 3.8) is 0 Å². The number of pyridine rings is 1. The highest BCUT2D eigenvalue weighted by Crippen LogP contribution is 2.25. The second-order valence-electron chi connectivity index (χ2n) is 6.07. The van der Waals surface area contributed by atoms with Gasteiger partial charge < -0.3 is 24.8 Å². The molecule has 130 valence electrons. The van der Waals surface area contributed by atoms with E-state index in [9.17, 15) is 14.4 Å². The highest BCUT2D eigenvalue weighted by Gasteiger charge is 2.29. The molecule has 2 heterocycles. The maximum atomic E-state index is 12.2. The van der Waals surface area contributed by atoms with Gasteiger partial charge >= 0.3 is 12.1 Å². The summed E-state index contributed by atoms with van der Waals surface area (Å²) in [6.45, 7) is 5.02. The number of esters is 1. The van der Waals surface area contributed by atoms with E-state index in [0.717, 1.165) is 0 Å². The summed E-state index contributed by atoms with van der Waals surface area (Å²) in [5.74, 6) is -0.958. The number of carbonyl (C=O) groups excluding carboxylic acids is 3. The number of ether oxygens (including phenoxy) is 3. The summed E-state index contributed by atoms with van der Waals surface area (Å²) in [4.78, 5) is 39.5. The number of hydrogen-bond acceptors (Lipinski definition) is 7. The lowest BCUT2D eigenvalue weighted by atomic mass is 10.2. The van der Waals surface area contributed by atoms with Crippen molar-refractivity contribution >= 4 is 23.7 Å². The van der Waals surface area contributed by atoms with Crippen molar-refractivity contribution in [3.05, 3.63) is 17.8 Å². The first kappa shape index (κ1) is 17.5. The van der Waals surface area contributed by atoms with Gasteiger partial charge in [0.1, 0.15) is 23.9 Å². The van der Waals surface area contributed by atoms with Crippen LogP contribution in [0.4, 0.5) is 10.5 Å². The molecular weight excluding hydrogens is 318 g/mol. The minimum absolute atomic E-state index is 0.122. The van der Waals surface area contributed by atoms with E-state index in [1.165, 1.54) is 19.4 Å². The summed E-state index contributed by atoms with van der Waals surface area (Å²) in [6, 6.07) is 0.428. The van der Waals surface area contributed by atoms with Crippen LogP contribution in [0.5, 0.6) is 5.88 Å². The Morgan fingerprint density at radius 3 is 2.75 bits per heavy atom. The Hall–Kier alpha value is -2.84. The van der Waals surface area contributed by atoms with Gasteiger partial charge in [-0.25, -0.2) is 14.6 Å².